The number of nitrogens with two attached hydrogens (primary N) is 1. The third-order valence-electron chi connectivity index (χ3n) is 3.66. The molecule has 0 aliphatic carbocycles. The highest BCUT2D eigenvalue weighted by molar-refractivity contribution is 5.25. The molecule has 0 spiro atoms. The molecule has 0 bridgehead atoms. The van der Waals surface area contributed by atoms with Gasteiger partial charge in [0.05, 0.1) is 23.8 Å². The Hall–Kier alpha value is -1.11. The Morgan fingerprint density at radius 2 is 1.95 bits per heavy atom. The lowest BCUT2D eigenvalue weighted by molar-refractivity contribution is -0.137. The number of hydrogen-bond acceptors (Lipinski definition) is 3. The Morgan fingerprint density at radius 3 is 2.40 bits per heavy atom. The van der Waals surface area contributed by atoms with E-state index in [4.69, 9.17) is 10.6 Å². The van der Waals surface area contributed by atoms with Crippen molar-refractivity contribution in [2.45, 2.75) is 50.6 Å². The molecular formula is C14H19F3N2O. The van der Waals surface area contributed by atoms with E-state index in [1.807, 2.05) is 6.92 Å². The summed E-state index contributed by atoms with van der Waals surface area (Å²) in [4.78, 5) is 0. The van der Waals surface area contributed by atoms with Crippen molar-refractivity contribution in [3.8, 4) is 0 Å². The first kappa shape index (κ1) is 15.3. The van der Waals surface area contributed by atoms with E-state index >= 15 is 0 Å². The fraction of sp³-hybridized carbons (Fsp3) is 0.571. The number of hydrazine groups is 1. The van der Waals surface area contributed by atoms with Crippen LogP contribution in [-0.2, 0) is 17.3 Å². The zero-order chi connectivity index (χ0) is 14.8. The molecule has 3 unspecified atom stereocenters. The monoisotopic (exact) mass is 288 g/mol. The minimum Gasteiger partial charge on any atom is -0.374 e. The fourth-order valence-corrected chi connectivity index (χ4v) is 2.51. The summed E-state index contributed by atoms with van der Waals surface area (Å²) in [5, 5.41) is 0. The number of ether oxygens (including phenoxy) is 1. The number of halogens is 3. The van der Waals surface area contributed by atoms with E-state index in [1.165, 1.54) is 12.1 Å². The van der Waals surface area contributed by atoms with Crippen LogP contribution in [0.15, 0.2) is 24.3 Å². The lowest BCUT2D eigenvalue weighted by Crippen LogP contribution is -2.45. The summed E-state index contributed by atoms with van der Waals surface area (Å²) in [5.74, 6) is 5.54. The molecule has 2 rings (SSSR count). The van der Waals surface area contributed by atoms with Crippen molar-refractivity contribution >= 4 is 0 Å². The van der Waals surface area contributed by atoms with Gasteiger partial charge in [0.2, 0.25) is 0 Å². The van der Waals surface area contributed by atoms with E-state index in [2.05, 4.69) is 5.43 Å². The van der Waals surface area contributed by atoms with Crippen molar-refractivity contribution in [2.75, 3.05) is 0 Å². The Balaban J connectivity index is 2.01. The summed E-state index contributed by atoms with van der Waals surface area (Å²) >= 11 is 0. The lowest BCUT2D eigenvalue weighted by Gasteiger charge is -2.23. The molecule has 1 heterocycles. The van der Waals surface area contributed by atoms with E-state index in [0.29, 0.717) is 6.42 Å². The Bertz CT molecular complexity index is 433. The number of hydrogen-bond donors (Lipinski definition) is 2. The van der Waals surface area contributed by atoms with Crippen LogP contribution in [0.25, 0.3) is 0 Å². The second-order valence-electron chi connectivity index (χ2n) is 5.23. The van der Waals surface area contributed by atoms with Crippen molar-refractivity contribution in [3.63, 3.8) is 0 Å². The number of benzene rings is 1. The van der Waals surface area contributed by atoms with Crippen LogP contribution in [0, 0.1) is 0 Å². The van der Waals surface area contributed by atoms with Crippen molar-refractivity contribution in [1.29, 1.82) is 0 Å². The maximum Gasteiger partial charge on any atom is 0.416 e. The van der Waals surface area contributed by atoms with Crippen LogP contribution >= 0.6 is 0 Å². The lowest BCUT2D eigenvalue weighted by atomic mass is 9.99. The van der Waals surface area contributed by atoms with Crippen molar-refractivity contribution in [1.82, 2.24) is 5.43 Å². The SMILES string of the molecule is CC1CCC(C(Cc2ccc(C(F)(F)F)cc2)NN)O1. The standard InChI is InChI=1S/C14H19F3N2O/c1-9-2-7-13(20-9)12(19-18)8-10-3-5-11(6-4-10)14(15,16)17/h3-6,9,12-13,19H,2,7-8,18H2,1H3. The molecule has 3 N–H and O–H groups in total. The summed E-state index contributed by atoms with van der Waals surface area (Å²) in [7, 11) is 0. The molecular weight excluding hydrogens is 269 g/mol. The molecule has 3 atom stereocenters. The van der Waals surface area contributed by atoms with Crippen LogP contribution in [0.4, 0.5) is 13.2 Å². The van der Waals surface area contributed by atoms with Gasteiger partial charge in [0.1, 0.15) is 0 Å². The molecule has 0 radical (unpaired) electrons. The minimum absolute atomic E-state index is 0.0114. The van der Waals surface area contributed by atoms with Gasteiger partial charge in [0.25, 0.3) is 0 Å². The highest BCUT2D eigenvalue weighted by Gasteiger charge is 2.31. The number of nitrogens with one attached hydrogen (secondary N) is 1. The average molecular weight is 288 g/mol. The molecule has 1 aromatic carbocycles. The van der Waals surface area contributed by atoms with Crippen molar-refractivity contribution in [2.24, 2.45) is 5.84 Å². The van der Waals surface area contributed by atoms with E-state index in [9.17, 15) is 13.2 Å². The van der Waals surface area contributed by atoms with Gasteiger partial charge in [-0.1, -0.05) is 12.1 Å². The second kappa shape index (κ2) is 6.11. The Kier molecular flexibility index (Phi) is 4.67. The molecule has 1 aliphatic rings. The van der Waals surface area contributed by atoms with Crippen LogP contribution in [0.5, 0.6) is 0 Å². The molecule has 0 saturated carbocycles. The molecule has 112 valence electrons. The molecule has 1 aromatic rings. The molecule has 1 fully saturated rings. The zero-order valence-corrected chi connectivity index (χ0v) is 11.3. The minimum atomic E-state index is -4.30. The van der Waals surface area contributed by atoms with Gasteiger partial charge >= 0.3 is 6.18 Å². The van der Waals surface area contributed by atoms with Gasteiger partial charge in [-0.25, -0.2) is 0 Å². The second-order valence-corrected chi connectivity index (χ2v) is 5.23. The van der Waals surface area contributed by atoms with Crippen molar-refractivity contribution in [3.05, 3.63) is 35.4 Å². The summed E-state index contributed by atoms with van der Waals surface area (Å²) in [6.45, 7) is 2.01. The van der Waals surface area contributed by atoms with E-state index in [0.717, 1.165) is 30.5 Å². The Labute approximate surface area is 116 Å². The number of rotatable bonds is 4. The first-order chi connectivity index (χ1) is 9.40. The van der Waals surface area contributed by atoms with Gasteiger partial charge in [-0.2, -0.15) is 13.2 Å². The predicted octanol–water partition coefficient (Wildman–Crippen LogP) is 2.65. The third-order valence-corrected chi connectivity index (χ3v) is 3.66. The summed E-state index contributed by atoms with van der Waals surface area (Å²) in [6, 6.07) is 5.09. The quantitative estimate of drug-likeness (QED) is 0.661. The molecule has 20 heavy (non-hydrogen) atoms. The molecule has 1 saturated heterocycles. The topological polar surface area (TPSA) is 47.3 Å². The maximum atomic E-state index is 12.5. The smallest absolute Gasteiger partial charge is 0.374 e. The summed E-state index contributed by atoms with van der Waals surface area (Å²) in [6.07, 6.45) is -1.63. The van der Waals surface area contributed by atoms with Crippen LogP contribution in [-0.4, -0.2) is 18.2 Å². The molecule has 1 aliphatic heterocycles. The first-order valence-corrected chi connectivity index (χ1v) is 6.68. The van der Waals surface area contributed by atoms with Gasteiger partial charge < -0.3 is 4.74 Å². The first-order valence-electron chi connectivity index (χ1n) is 6.68. The van der Waals surface area contributed by atoms with Gasteiger partial charge in [-0.3, -0.25) is 11.3 Å². The average Bonchev–Trinajstić information content (AvgIpc) is 2.82. The highest BCUT2D eigenvalue weighted by Crippen LogP contribution is 2.29. The summed E-state index contributed by atoms with van der Waals surface area (Å²) in [5.41, 5.74) is 2.89. The molecule has 6 heteroatoms. The fourth-order valence-electron chi connectivity index (χ4n) is 2.51. The van der Waals surface area contributed by atoms with Gasteiger partial charge in [-0.15, -0.1) is 0 Å². The summed E-state index contributed by atoms with van der Waals surface area (Å²) < 4.78 is 43.2. The van der Waals surface area contributed by atoms with Crippen LogP contribution in [0.2, 0.25) is 0 Å². The zero-order valence-electron chi connectivity index (χ0n) is 11.3. The molecule has 3 nitrogen and oxygen atoms in total. The van der Waals surface area contributed by atoms with Gasteiger partial charge in [0, 0.05) is 0 Å². The number of alkyl halides is 3. The van der Waals surface area contributed by atoms with E-state index in [-0.39, 0.29) is 18.2 Å². The van der Waals surface area contributed by atoms with Crippen molar-refractivity contribution < 1.29 is 17.9 Å². The van der Waals surface area contributed by atoms with Gasteiger partial charge in [-0.05, 0) is 43.9 Å². The van der Waals surface area contributed by atoms with Crippen LogP contribution < -0.4 is 11.3 Å². The third kappa shape index (κ3) is 3.71. The van der Waals surface area contributed by atoms with Crippen LogP contribution in [0.3, 0.4) is 0 Å². The largest absolute Gasteiger partial charge is 0.416 e. The molecule has 0 aromatic heterocycles. The van der Waals surface area contributed by atoms with E-state index in [1.54, 1.807) is 0 Å². The highest BCUT2D eigenvalue weighted by atomic mass is 19.4. The van der Waals surface area contributed by atoms with Gasteiger partial charge in [0.15, 0.2) is 0 Å². The normalized spacial score (nSPS) is 24.9. The Morgan fingerprint density at radius 1 is 1.30 bits per heavy atom. The van der Waals surface area contributed by atoms with Crippen LogP contribution in [0.1, 0.15) is 30.9 Å². The maximum absolute atomic E-state index is 12.5. The molecule has 0 amide bonds. The van der Waals surface area contributed by atoms with E-state index < -0.39 is 11.7 Å². The predicted molar refractivity (Wildman–Crippen MR) is 69.8 cm³/mol.